The third kappa shape index (κ3) is 4.09. The lowest BCUT2D eigenvalue weighted by atomic mass is 9.74. The summed E-state index contributed by atoms with van der Waals surface area (Å²) in [4.78, 5) is 17.2. The molecule has 0 saturated carbocycles. The third-order valence-corrected chi connectivity index (χ3v) is 6.83. The SMILES string of the molecule is O=C(NCC1(c2ccc(Cl)cc2)CCOCC1)c1csc(-c2ccsc2)n1. The van der Waals surface area contributed by atoms with Gasteiger partial charge in [0.2, 0.25) is 0 Å². The van der Waals surface area contributed by atoms with E-state index in [9.17, 15) is 4.79 Å². The molecular weight excluding hydrogens is 400 g/mol. The Morgan fingerprint density at radius 2 is 1.96 bits per heavy atom. The number of amides is 1. The molecule has 1 N–H and O–H groups in total. The highest BCUT2D eigenvalue weighted by Gasteiger charge is 2.35. The lowest BCUT2D eigenvalue weighted by Crippen LogP contribution is -2.44. The minimum atomic E-state index is -0.134. The van der Waals surface area contributed by atoms with E-state index in [2.05, 4.69) is 22.4 Å². The molecule has 2 aromatic heterocycles. The second-order valence-electron chi connectivity index (χ2n) is 6.63. The monoisotopic (exact) mass is 418 g/mol. The maximum absolute atomic E-state index is 12.7. The molecule has 0 spiro atoms. The van der Waals surface area contributed by atoms with Gasteiger partial charge in [0, 0.05) is 46.5 Å². The summed E-state index contributed by atoms with van der Waals surface area (Å²) >= 11 is 9.17. The van der Waals surface area contributed by atoms with Gasteiger partial charge in [-0.25, -0.2) is 4.98 Å². The van der Waals surface area contributed by atoms with Gasteiger partial charge < -0.3 is 10.1 Å². The van der Waals surface area contributed by atoms with Gasteiger partial charge >= 0.3 is 0 Å². The first-order valence-electron chi connectivity index (χ1n) is 8.76. The van der Waals surface area contributed by atoms with E-state index in [4.69, 9.17) is 16.3 Å². The van der Waals surface area contributed by atoms with Crippen molar-refractivity contribution in [1.29, 1.82) is 0 Å². The molecule has 0 radical (unpaired) electrons. The second kappa shape index (κ2) is 8.10. The predicted octanol–water partition coefficient (Wildman–Crippen LogP) is 5.00. The van der Waals surface area contributed by atoms with Crippen LogP contribution >= 0.6 is 34.3 Å². The summed E-state index contributed by atoms with van der Waals surface area (Å²) < 4.78 is 5.56. The van der Waals surface area contributed by atoms with Crippen molar-refractivity contribution in [2.45, 2.75) is 18.3 Å². The van der Waals surface area contributed by atoms with E-state index >= 15 is 0 Å². The van der Waals surface area contributed by atoms with Crippen LogP contribution in [0.2, 0.25) is 5.02 Å². The minimum absolute atomic E-state index is 0.132. The number of nitrogens with one attached hydrogen (secondary N) is 1. The maximum Gasteiger partial charge on any atom is 0.270 e. The Balaban J connectivity index is 1.49. The molecule has 7 heteroatoms. The number of carbonyl (C=O) groups excluding carboxylic acids is 1. The molecule has 3 aromatic rings. The largest absolute Gasteiger partial charge is 0.381 e. The van der Waals surface area contributed by atoms with Crippen molar-refractivity contribution in [3.8, 4) is 10.6 Å². The average Bonchev–Trinajstić information content (AvgIpc) is 3.39. The smallest absolute Gasteiger partial charge is 0.270 e. The lowest BCUT2D eigenvalue weighted by Gasteiger charge is -2.38. The summed E-state index contributed by atoms with van der Waals surface area (Å²) in [6, 6.07) is 9.93. The van der Waals surface area contributed by atoms with E-state index in [1.165, 1.54) is 16.9 Å². The van der Waals surface area contributed by atoms with E-state index < -0.39 is 0 Å². The zero-order chi connectivity index (χ0) is 18.7. The number of thiazole rings is 1. The Morgan fingerprint density at radius 1 is 1.19 bits per heavy atom. The zero-order valence-electron chi connectivity index (χ0n) is 14.6. The zero-order valence-corrected chi connectivity index (χ0v) is 17.0. The van der Waals surface area contributed by atoms with Gasteiger partial charge in [-0.15, -0.1) is 11.3 Å². The first-order valence-corrected chi connectivity index (χ1v) is 11.0. The standard InChI is InChI=1S/C20H19ClN2O2S2/c21-16-3-1-15(2-4-16)20(6-8-25-9-7-20)13-22-18(24)17-12-27-19(23-17)14-5-10-26-11-14/h1-5,10-12H,6-9,13H2,(H,22,24). The highest BCUT2D eigenvalue weighted by atomic mass is 35.5. The number of nitrogens with zero attached hydrogens (tertiary/aromatic N) is 1. The number of carbonyl (C=O) groups is 1. The average molecular weight is 419 g/mol. The molecule has 1 aliphatic rings. The highest BCUT2D eigenvalue weighted by Crippen LogP contribution is 2.35. The van der Waals surface area contributed by atoms with Gasteiger partial charge in [-0.2, -0.15) is 11.3 Å². The summed E-state index contributed by atoms with van der Waals surface area (Å²) in [6.45, 7) is 1.94. The van der Waals surface area contributed by atoms with Crippen molar-refractivity contribution in [2.75, 3.05) is 19.8 Å². The molecule has 4 nitrogen and oxygen atoms in total. The van der Waals surface area contributed by atoms with Crippen LogP contribution in [-0.4, -0.2) is 30.6 Å². The van der Waals surface area contributed by atoms with Crippen molar-refractivity contribution in [3.05, 3.63) is 62.8 Å². The molecule has 27 heavy (non-hydrogen) atoms. The molecule has 1 amide bonds. The Labute approximate surface area is 171 Å². The van der Waals surface area contributed by atoms with E-state index in [-0.39, 0.29) is 11.3 Å². The number of aromatic nitrogens is 1. The molecule has 1 saturated heterocycles. The summed E-state index contributed by atoms with van der Waals surface area (Å²) in [7, 11) is 0. The fourth-order valence-corrected chi connectivity index (χ4v) is 5.01. The van der Waals surface area contributed by atoms with E-state index in [1.54, 1.807) is 11.3 Å². The van der Waals surface area contributed by atoms with Crippen molar-refractivity contribution >= 4 is 40.2 Å². The normalized spacial score (nSPS) is 16.2. The molecule has 0 aliphatic carbocycles. The van der Waals surface area contributed by atoms with E-state index in [0.717, 1.165) is 23.4 Å². The van der Waals surface area contributed by atoms with Gasteiger partial charge in [-0.1, -0.05) is 23.7 Å². The highest BCUT2D eigenvalue weighted by molar-refractivity contribution is 7.14. The van der Waals surface area contributed by atoms with Crippen LogP contribution in [0.4, 0.5) is 0 Å². The van der Waals surface area contributed by atoms with E-state index in [1.807, 2.05) is 34.3 Å². The van der Waals surface area contributed by atoms with Crippen LogP contribution in [0, 0.1) is 0 Å². The van der Waals surface area contributed by atoms with Crippen molar-refractivity contribution in [3.63, 3.8) is 0 Å². The Morgan fingerprint density at radius 3 is 2.67 bits per heavy atom. The maximum atomic E-state index is 12.7. The number of rotatable bonds is 5. The van der Waals surface area contributed by atoms with Crippen LogP contribution in [0.25, 0.3) is 10.6 Å². The fraction of sp³-hybridized carbons (Fsp3) is 0.300. The Kier molecular flexibility index (Phi) is 5.59. The fourth-order valence-electron chi connectivity index (χ4n) is 3.37. The molecule has 0 bridgehead atoms. The topological polar surface area (TPSA) is 51.2 Å². The van der Waals surface area contributed by atoms with E-state index in [0.29, 0.717) is 30.5 Å². The first kappa shape index (κ1) is 18.6. The van der Waals surface area contributed by atoms with Crippen LogP contribution < -0.4 is 5.32 Å². The van der Waals surface area contributed by atoms with Crippen LogP contribution in [0.1, 0.15) is 28.9 Å². The molecule has 1 aliphatic heterocycles. The molecule has 1 aromatic carbocycles. The van der Waals surface area contributed by atoms with Crippen LogP contribution in [0.3, 0.4) is 0 Å². The lowest BCUT2D eigenvalue weighted by molar-refractivity contribution is 0.0487. The van der Waals surface area contributed by atoms with Crippen LogP contribution in [-0.2, 0) is 10.2 Å². The van der Waals surface area contributed by atoms with Crippen molar-refractivity contribution < 1.29 is 9.53 Å². The molecular formula is C20H19ClN2O2S2. The summed E-state index contributed by atoms with van der Waals surface area (Å²) in [6.07, 6.45) is 1.73. The first-order chi connectivity index (χ1) is 13.2. The molecule has 4 rings (SSSR count). The number of halogens is 1. The number of hydrogen-bond acceptors (Lipinski definition) is 5. The van der Waals surface area contributed by atoms with Gasteiger partial charge in [0.1, 0.15) is 10.7 Å². The number of thiophene rings is 1. The number of hydrogen-bond donors (Lipinski definition) is 1. The number of ether oxygens (including phenoxy) is 1. The van der Waals surface area contributed by atoms with Crippen molar-refractivity contribution in [1.82, 2.24) is 10.3 Å². The van der Waals surface area contributed by atoms with Crippen LogP contribution in [0.15, 0.2) is 46.5 Å². The molecule has 3 heterocycles. The van der Waals surface area contributed by atoms with Crippen molar-refractivity contribution in [2.24, 2.45) is 0 Å². The van der Waals surface area contributed by atoms with Gasteiger partial charge in [0.25, 0.3) is 5.91 Å². The van der Waals surface area contributed by atoms with Gasteiger partial charge in [-0.05, 0) is 42.0 Å². The molecule has 0 atom stereocenters. The predicted molar refractivity (Wildman–Crippen MR) is 111 cm³/mol. The molecule has 0 unspecified atom stereocenters. The van der Waals surface area contributed by atoms with Gasteiger partial charge in [-0.3, -0.25) is 4.79 Å². The quantitative estimate of drug-likeness (QED) is 0.634. The molecule has 140 valence electrons. The summed E-state index contributed by atoms with van der Waals surface area (Å²) in [5.74, 6) is -0.132. The van der Waals surface area contributed by atoms with Crippen LogP contribution in [0.5, 0.6) is 0 Å². The third-order valence-electron chi connectivity index (χ3n) is 5.00. The Hall–Kier alpha value is -1.73. The summed E-state index contributed by atoms with van der Waals surface area (Å²) in [5, 5.41) is 10.6. The van der Waals surface area contributed by atoms with Gasteiger partial charge in [0.05, 0.1) is 0 Å². The van der Waals surface area contributed by atoms with Gasteiger partial charge in [0.15, 0.2) is 0 Å². The molecule has 1 fully saturated rings. The minimum Gasteiger partial charge on any atom is -0.381 e. The summed E-state index contributed by atoms with van der Waals surface area (Å²) in [5.41, 5.74) is 2.59. The second-order valence-corrected chi connectivity index (χ2v) is 8.71. The Bertz CT molecular complexity index is 900. The number of benzene rings is 1.